The number of hydrazone groups is 1. The molecule has 1 atom stereocenters. The molecule has 2 N–H and O–H groups in total. The number of rotatable bonds is 5. The fourth-order valence-corrected chi connectivity index (χ4v) is 3.66. The van der Waals surface area contributed by atoms with Gasteiger partial charge in [0.15, 0.2) is 14.0 Å². The molecule has 0 fully saturated rings. The fraction of sp³-hybridized carbons (Fsp3) is 0.579. The smallest absolute Gasteiger partial charge is 0.358 e. The van der Waals surface area contributed by atoms with Gasteiger partial charge in [0.05, 0.1) is 0 Å². The first-order valence-corrected chi connectivity index (χ1v) is 12.3. The van der Waals surface area contributed by atoms with Gasteiger partial charge in [-0.25, -0.2) is 4.79 Å². The van der Waals surface area contributed by atoms with Crippen molar-refractivity contribution in [3.63, 3.8) is 0 Å². The van der Waals surface area contributed by atoms with Gasteiger partial charge in [0.2, 0.25) is 0 Å². The Hall–Kier alpha value is -1.18. The van der Waals surface area contributed by atoms with Gasteiger partial charge in [-0.15, -0.1) is 0 Å². The number of esters is 1. The lowest BCUT2D eigenvalue weighted by atomic mass is 10.0. The summed E-state index contributed by atoms with van der Waals surface area (Å²) < 4.78 is 12.9. The molecule has 0 spiro atoms. The number of ether oxygens (including phenoxy) is 1. The molecule has 26 heavy (non-hydrogen) atoms. The van der Waals surface area contributed by atoms with E-state index in [1.807, 2.05) is 24.3 Å². The normalized spacial score (nSPS) is 14.9. The Morgan fingerprint density at radius 1 is 1.15 bits per heavy atom. The quantitative estimate of drug-likeness (QED) is 0.224. The highest BCUT2D eigenvalue weighted by molar-refractivity contribution is 9.10. The van der Waals surface area contributed by atoms with Crippen LogP contribution in [0.5, 0.6) is 0 Å². The molecule has 1 aromatic rings. The molecule has 146 valence electrons. The maximum Gasteiger partial charge on any atom is 0.358 e. The van der Waals surface area contributed by atoms with Crippen LogP contribution in [-0.4, -0.2) is 25.6 Å². The molecule has 0 aliphatic rings. The lowest BCUT2D eigenvalue weighted by molar-refractivity contribution is -0.146. The van der Waals surface area contributed by atoms with Gasteiger partial charge in [-0.1, -0.05) is 54.9 Å². The van der Waals surface area contributed by atoms with Crippen molar-refractivity contribution < 1.29 is 14.0 Å². The van der Waals surface area contributed by atoms with Gasteiger partial charge in [0.25, 0.3) is 0 Å². The highest BCUT2D eigenvalue weighted by Gasteiger charge is 2.42. The Morgan fingerprint density at radius 3 is 2.12 bits per heavy atom. The second kappa shape index (κ2) is 8.23. The number of hydrogen-bond acceptors (Lipinski definition) is 5. The van der Waals surface area contributed by atoms with E-state index in [1.165, 1.54) is 0 Å². The number of hydrogen-bond donors (Lipinski definition) is 1. The monoisotopic (exact) mass is 442 g/mol. The van der Waals surface area contributed by atoms with E-state index < -0.39 is 26.0 Å². The summed E-state index contributed by atoms with van der Waals surface area (Å²) in [7, 11) is -2.22. The Kier molecular flexibility index (Phi) is 7.23. The minimum atomic E-state index is -2.22. The number of halogens is 1. The second-order valence-corrected chi connectivity index (χ2v) is 14.4. The van der Waals surface area contributed by atoms with E-state index >= 15 is 0 Å². The molecule has 0 bridgehead atoms. The minimum absolute atomic E-state index is 0.0415. The highest BCUT2D eigenvalue weighted by Crippen LogP contribution is 2.41. The van der Waals surface area contributed by atoms with Crippen molar-refractivity contribution >= 4 is 35.9 Å². The van der Waals surface area contributed by atoms with Crippen LogP contribution in [0.4, 0.5) is 0 Å². The van der Waals surface area contributed by atoms with Crippen molar-refractivity contribution in [1.29, 1.82) is 0 Å². The summed E-state index contributed by atoms with van der Waals surface area (Å²) in [6.07, 6.45) is -0.702. The third-order valence-corrected chi connectivity index (χ3v) is 9.56. The predicted octanol–water partition coefficient (Wildman–Crippen LogP) is 5.17. The number of nitrogens with two attached hydrogens (primary N) is 1. The van der Waals surface area contributed by atoms with Gasteiger partial charge in [0, 0.05) is 10.0 Å². The number of carbonyl (C=O) groups excluding carboxylic acids is 1. The number of benzene rings is 1. The Morgan fingerprint density at radius 2 is 1.69 bits per heavy atom. The Balaban J connectivity index is 3.41. The van der Waals surface area contributed by atoms with Crippen molar-refractivity contribution in [3.05, 3.63) is 34.3 Å². The highest BCUT2D eigenvalue weighted by atomic mass is 79.9. The maximum atomic E-state index is 12.7. The summed E-state index contributed by atoms with van der Waals surface area (Å²) in [4.78, 5) is 12.7. The first kappa shape index (κ1) is 22.9. The van der Waals surface area contributed by atoms with E-state index in [-0.39, 0.29) is 10.7 Å². The van der Waals surface area contributed by atoms with E-state index in [2.05, 4.69) is 54.9 Å². The SMILES string of the molecule is CC(C)(C)OC(=O)/C(=N/N)C(O[Si](C)(C)C(C)(C)C)c1ccccc1Br. The molecule has 1 rings (SSSR count). The molecule has 0 aliphatic carbocycles. The van der Waals surface area contributed by atoms with E-state index in [4.69, 9.17) is 15.0 Å². The average molecular weight is 443 g/mol. The number of nitrogens with zero attached hydrogens (tertiary/aromatic N) is 1. The van der Waals surface area contributed by atoms with Crippen molar-refractivity contribution in [2.75, 3.05) is 0 Å². The molecular formula is C19H31BrN2O3Si. The van der Waals surface area contributed by atoms with E-state index in [1.54, 1.807) is 20.8 Å². The van der Waals surface area contributed by atoms with Gasteiger partial charge < -0.3 is 15.0 Å². The van der Waals surface area contributed by atoms with Gasteiger partial charge in [0.1, 0.15) is 11.7 Å². The van der Waals surface area contributed by atoms with Crippen LogP contribution in [0.2, 0.25) is 18.1 Å². The molecule has 1 unspecified atom stereocenters. The lowest BCUT2D eigenvalue weighted by Gasteiger charge is -2.39. The standard InChI is InChI=1S/C19H31BrN2O3Si/c1-18(2,3)24-17(23)15(22-21)16(13-11-9-10-12-14(13)20)25-26(7,8)19(4,5)6/h9-12,16H,21H2,1-8H3/b22-15+. The van der Waals surface area contributed by atoms with Crippen LogP contribution in [0.3, 0.4) is 0 Å². The van der Waals surface area contributed by atoms with Crippen molar-refractivity contribution in [3.8, 4) is 0 Å². The zero-order valence-corrected chi connectivity index (χ0v) is 19.6. The van der Waals surface area contributed by atoms with E-state index in [0.717, 1.165) is 10.0 Å². The average Bonchev–Trinajstić information content (AvgIpc) is 2.44. The Bertz CT molecular complexity index is 676. The summed E-state index contributed by atoms with van der Waals surface area (Å²) in [5.74, 6) is 5.05. The zero-order valence-electron chi connectivity index (χ0n) is 17.0. The summed E-state index contributed by atoms with van der Waals surface area (Å²) >= 11 is 3.55. The molecule has 0 aromatic heterocycles. The fourth-order valence-electron chi connectivity index (χ4n) is 1.98. The molecule has 0 amide bonds. The predicted molar refractivity (Wildman–Crippen MR) is 113 cm³/mol. The van der Waals surface area contributed by atoms with E-state index in [0.29, 0.717) is 0 Å². The summed E-state index contributed by atoms with van der Waals surface area (Å²) in [6, 6.07) is 7.60. The van der Waals surface area contributed by atoms with Crippen LogP contribution in [0.1, 0.15) is 53.2 Å². The van der Waals surface area contributed by atoms with Crippen molar-refractivity contribution in [2.45, 2.75) is 71.4 Å². The molecule has 0 aliphatic heterocycles. The van der Waals surface area contributed by atoms with E-state index in [9.17, 15) is 4.79 Å². The Labute approximate surface area is 166 Å². The summed E-state index contributed by atoms with van der Waals surface area (Å²) in [6.45, 7) is 16.1. The van der Waals surface area contributed by atoms with Crippen LogP contribution in [-0.2, 0) is 14.0 Å². The van der Waals surface area contributed by atoms with Gasteiger partial charge >= 0.3 is 5.97 Å². The summed E-state index contributed by atoms with van der Waals surface area (Å²) in [5.41, 5.74) is 0.215. The molecule has 0 radical (unpaired) electrons. The maximum absolute atomic E-state index is 12.7. The van der Waals surface area contributed by atoms with Crippen molar-refractivity contribution in [1.82, 2.24) is 0 Å². The molecule has 0 saturated heterocycles. The van der Waals surface area contributed by atoms with Crippen LogP contribution < -0.4 is 5.84 Å². The van der Waals surface area contributed by atoms with Crippen LogP contribution in [0.25, 0.3) is 0 Å². The molecule has 5 nitrogen and oxygen atoms in total. The molecule has 1 aromatic carbocycles. The van der Waals surface area contributed by atoms with Crippen LogP contribution in [0.15, 0.2) is 33.8 Å². The first-order chi connectivity index (χ1) is 11.7. The third-order valence-electron chi connectivity index (χ3n) is 4.40. The lowest BCUT2D eigenvalue weighted by Crippen LogP contribution is -2.45. The largest absolute Gasteiger partial charge is 0.455 e. The van der Waals surface area contributed by atoms with Crippen LogP contribution >= 0.6 is 15.9 Å². The second-order valence-electron chi connectivity index (χ2n) is 8.80. The number of carbonyl (C=O) groups is 1. The topological polar surface area (TPSA) is 73.9 Å². The van der Waals surface area contributed by atoms with Crippen molar-refractivity contribution in [2.24, 2.45) is 10.9 Å². The third kappa shape index (κ3) is 5.92. The first-order valence-electron chi connectivity index (χ1n) is 8.63. The molecular weight excluding hydrogens is 412 g/mol. The zero-order chi connectivity index (χ0) is 20.3. The molecule has 7 heteroatoms. The molecule has 0 saturated carbocycles. The van der Waals surface area contributed by atoms with Gasteiger partial charge in [-0.05, 0) is 45.0 Å². The van der Waals surface area contributed by atoms with Crippen LogP contribution in [0, 0.1) is 0 Å². The van der Waals surface area contributed by atoms with Gasteiger partial charge in [-0.3, -0.25) is 0 Å². The minimum Gasteiger partial charge on any atom is -0.455 e. The molecule has 0 heterocycles. The summed E-state index contributed by atoms with van der Waals surface area (Å²) in [5, 5.41) is 3.73. The van der Waals surface area contributed by atoms with Gasteiger partial charge in [-0.2, -0.15) is 5.10 Å².